The molecule has 0 bridgehead atoms. The molecule has 0 atom stereocenters. The van der Waals surface area contributed by atoms with Gasteiger partial charge in [0, 0.05) is 56.4 Å². The molecule has 0 spiro atoms. The minimum atomic E-state index is 0.843. The van der Waals surface area contributed by atoms with E-state index >= 15 is 0 Å². The Bertz CT molecular complexity index is 4170. The molecule has 0 aliphatic heterocycles. The first-order chi connectivity index (χ1) is 38.1. The maximum atomic E-state index is 3.36. The molecule has 0 amide bonds. The molecule has 77 heavy (non-hydrogen) atoms. The lowest BCUT2D eigenvalue weighted by molar-refractivity contribution is 0.935. The van der Waals surface area contributed by atoms with Gasteiger partial charge in [-0.15, -0.1) is 6.58 Å². The van der Waals surface area contributed by atoms with Crippen LogP contribution >= 0.6 is 0 Å². The summed E-state index contributed by atoms with van der Waals surface area (Å²) in [6.45, 7) is 13.5. The van der Waals surface area contributed by atoms with Gasteiger partial charge < -0.3 is 13.7 Å². The molecule has 0 radical (unpaired) electrons. The smallest absolute Gasteiger partial charge is 0.0541 e. The van der Waals surface area contributed by atoms with Crippen LogP contribution in [0.4, 0.5) is 0 Å². The zero-order valence-electron chi connectivity index (χ0n) is 44.7. The van der Waals surface area contributed by atoms with Crippen LogP contribution in [0.3, 0.4) is 0 Å². The zero-order chi connectivity index (χ0) is 52.8. The van der Waals surface area contributed by atoms with Gasteiger partial charge >= 0.3 is 0 Å². The number of allylic oxidation sites excluding steroid dienone is 5. The molecule has 10 aromatic carbocycles. The Morgan fingerprint density at radius 2 is 0.727 bits per heavy atom. The van der Waals surface area contributed by atoms with Gasteiger partial charge in [-0.05, 0) is 149 Å². The summed E-state index contributed by atoms with van der Waals surface area (Å²) in [4.78, 5) is 0. The van der Waals surface area contributed by atoms with Crippen molar-refractivity contribution >= 4 is 54.4 Å². The zero-order valence-corrected chi connectivity index (χ0v) is 44.7. The molecule has 3 heterocycles. The largest absolute Gasteiger partial charge is 0.318 e. The Morgan fingerprint density at radius 3 is 1.18 bits per heavy atom. The molecular formula is C74H63N3. The highest BCUT2D eigenvalue weighted by atomic mass is 15.0. The Kier molecular flexibility index (Phi) is 14.3. The molecule has 0 fully saturated rings. The maximum Gasteiger partial charge on any atom is 0.0541 e. The SMILES string of the molecule is C/C=C\C=C/Cc1ccc(C)n1-c1ccc(-c2c(-c3ccccc3)c(-c3ccccc3)c(-c3ccc(-n4c5ccccc5c5ccccc54)cc3)c3ccc(-n4c5ccccc5c5ccccc54)cc23)cc1.C=CC.CC. The van der Waals surface area contributed by atoms with Crippen molar-refractivity contribution in [1.82, 2.24) is 13.7 Å². The fraction of sp³-hybridized carbons (Fsp3) is 0.0811. The highest BCUT2D eigenvalue weighted by Crippen LogP contribution is 2.52. The van der Waals surface area contributed by atoms with Crippen LogP contribution in [-0.2, 0) is 6.42 Å². The minimum absolute atomic E-state index is 0.843. The average Bonchev–Trinajstić information content (AvgIpc) is 4.21. The van der Waals surface area contributed by atoms with Crippen molar-refractivity contribution in [2.45, 2.75) is 41.0 Å². The van der Waals surface area contributed by atoms with E-state index in [2.05, 4.69) is 295 Å². The highest BCUT2D eigenvalue weighted by molar-refractivity contribution is 6.19. The van der Waals surface area contributed by atoms with Crippen molar-refractivity contribution in [1.29, 1.82) is 0 Å². The van der Waals surface area contributed by atoms with Gasteiger partial charge in [0.05, 0.1) is 22.1 Å². The first-order valence-electron chi connectivity index (χ1n) is 27.0. The van der Waals surface area contributed by atoms with Crippen LogP contribution in [0.5, 0.6) is 0 Å². The Balaban J connectivity index is 0.00000122. The predicted molar refractivity (Wildman–Crippen MR) is 333 cm³/mol. The molecule has 0 unspecified atom stereocenters. The van der Waals surface area contributed by atoms with E-state index in [1.165, 1.54) is 99.2 Å². The van der Waals surface area contributed by atoms with Crippen LogP contribution in [0.1, 0.15) is 39.1 Å². The molecule has 0 N–H and O–H groups in total. The lowest BCUT2D eigenvalue weighted by atomic mass is 9.79. The summed E-state index contributed by atoms with van der Waals surface area (Å²) in [5.41, 5.74) is 20.1. The van der Waals surface area contributed by atoms with Gasteiger partial charge in [-0.1, -0.05) is 208 Å². The second-order valence-electron chi connectivity index (χ2n) is 19.2. The van der Waals surface area contributed by atoms with Crippen LogP contribution in [0.2, 0.25) is 0 Å². The number of para-hydroxylation sites is 4. The minimum Gasteiger partial charge on any atom is -0.318 e. The molecule has 3 heteroatoms. The number of aryl methyl sites for hydroxylation is 1. The van der Waals surface area contributed by atoms with E-state index in [9.17, 15) is 0 Å². The molecule has 0 saturated heterocycles. The molecule has 3 aromatic heterocycles. The van der Waals surface area contributed by atoms with Crippen LogP contribution in [0, 0.1) is 6.92 Å². The molecule has 0 saturated carbocycles. The number of hydrogen-bond acceptors (Lipinski definition) is 0. The van der Waals surface area contributed by atoms with E-state index < -0.39 is 0 Å². The van der Waals surface area contributed by atoms with Gasteiger partial charge in [0.2, 0.25) is 0 Å². The van der Waals surface area contributed by atoms with Gasteiger partial charge in [0.25, 0.3) is 0 Å². The van der Waals surface area contributed by atoms with Crippen LogP contribution in [-0.4, -0.2) is 13.7 Å². The van der Waals surface area contributed by atoms with E-state index in [0.29, 0.717) is 0 Å². The summed E-state index contributed by atoms with van der Waals surface area (Å²) in [5.74, 6) is 0. The number of nitrogens with zero attached hydrogens (tertiary/aromatic N) is 3. The number of benzene rings is 10. The van der Waals surface area contributed by atoms with Crippen LogP contribution < -0.4 is 0 Å². The topological polar surface area (TPSA) is 14.8 Å². The third-order valence-corrected chi connectivity index (χ3v) is 14.6. The fourth-order valence-corrected chi connectivity index (χ4v) is 11.5. The number of aromatic nitrogens is 3. The van der Waals surface area contributed by atoms with E-state index in [1.807, 2.05) is 20.8 Å². The molecule has 374 valence electrons. The molecule has 3 nitrogen and oxygen atoms in total. The fourth-order valence-electron chi connectivity index (χ4n) is 11.5. The van der Waals surface area contributed by atoms with Gasteiger partial charge in [-0.3, -0.25) is 0 Å². The molecule has 0 aliphatic carbocycles. The Labute approximate surface area is 453 Å². The van der Waals surface area contributed by atoms with Crippen LogP contribution in [0.25, 0.3) is 116 Å². The average molecular weight is 994 g/mol. The van der Waals surface area contributed by atoms with Gasteiger partial charge in [-0.25, -0.2) is 0 Å². The predicted octanol–water partition coefficient (Wildman–Crippen LogP) is 20.7. The number of fused-ring (bicyclic) bond motifs is 7. The molecular weight excluding hydrogens is 931 g/mol. The van der Waals surface area contributed by atoms with Crippen molar-refractivity contribution in [3.05, 3.63) is 285 Å². The summed E-state index contributed by atoms with van der Waals surface area (Å²) in [5, 5.41) is 7.38. The highest BCUT2D eigenvalue weighted by Gasteiger charge is 2.26. The Hall–Kier alpha value is -9.44. The van der Waals surface area contributed by atoms with Crippen molar-refractivity contribution < 1.29 is 0 Å². The standard InChI is InChI=1S/C69H51N3.C3H6.C2H6/c1-3-4-5-12-25-52-39-34-47(2)70(52)53-40-35-51(36-41-53)67-61-46-55(72-64-32-19-15-28-58(64)59-29-16-20-33-65(59)72)44-45-60(61)66(68(48-21-8-6-9-22-48)69(67)49-23-10-7-11-24-49)50-37-42-54(43-38-50)71-62-30-17-13-26-56(62)57-27-14-18-31-63(57)71;1-3-2;1-2/h3-24,26-46H,25H2,1-2H3;3H,1H2,2H3;1-2H3/b4-3-,12-5-;;. The summed E-state index contributed by atoms with van der Waals surface area (Å²) in [6, 6.07) is 87.5. The van der Waals surface area contributed by atoms with E-state index in [4.69, 9.17) is 0 Å². The maximum absolute atomic E-state index is 3.36. The van der Waals surface area contributed by atoms with Crippen LogP contribution in [0.15, 0.2) is 274 Å². The van der Waals surface area contributed by atoms with Crippen molar-refractivity contribution in [3.8, 4) is 61.6 Å². The van der Waals surface area contributed by atoms with Gasteiger partial charge in [0.15, 0.2) is 0 Å². The second kappa shape index (κ2) is 22.2. The lowest BCUT2D eigenvalue weighted by Crippen LogP contribution is -2.02. The number of rotatable bonds is 10. The normalized spacial score (nSPS) is 11.4. The third kappa shape index (κ3) is 9.10. The summed E-state index contributed by atoms with van der Waals surface area (Å²) < 4.78 is 7.25. The van der Waals surface area contributed by atoms with E-state index in [0.717, 1.165) is 34.6 Å². The second-order valence-corrected chi connectivity index (χ2v) is 19.2. The van der Waals surface area contributed by atoms with E-state index in [-0.39, 0.29) is 0 Å². The van der Waals surface area contributed by atoms with Gasteiger partial charge in [-0.2, -0.15) is 0 Å². The first-order valence-corrected chi connectivity index (χ1v) is 27.0. The van der Waals surface area contributed by atoms with Crippen molar-refractivity contribution in [2.24, 2.45) is 0 Å². The van der Waals surface area contributed by atoms with Gasteiger partial charge in [0.1, 0.15) is 0 Å². The lowest BCUT2D eigenvalue weighted by Gasteiger charge is -2.25. The quantitative estimate of drug-likeness (QED) is 0.0958. The molecule has 13 aromatic rings. The number of hydrogen-bond donors (Lipinski definition) is 0. The molecule has 0 aliphatic rings. The summed E-state index contributed by atoms with van der Waals surface area (Å²) in [7, 11) is 0. The summed E-state index contributed by atoms with van der Waals surface area (Å²) in [6.07, 6.45) is 11.1. The summed E-state index contributed by atoms with van der Waals surface area (Å²) >= 11 is 0. The molecule has 13 rings (SSSR count). The monoisotopic (exact) mass is 994 g/mol. The van der Waals surface area contributed by atoms with Crippen molar-refractivity contribution in [3.63, 3.8) is 0 Å². The van der Waals surface area contributed by atoms with E-state index in [1.54, 1.807) is 6.08 Å². The third-order valence-electron chi connectivity index (χ3n) is 14.6. The van der Waals surface area contributed by atoms with Crippen molar-refractivity contribution in [2.75, 3.05) is 0 Å². The Morgan fingerprint density at radius 1 is 0.351 bits per heavy atom. The first kappa shape index (κ1) is 49.8.